The van der Waals surface area contributed by atoms with E-state index >= 15 is 0 Å². The first-order chi connectivity index (χ1) is 24.3. The van der Waals surface area contributed by atoms with Gasteiger partial charge in [-0.15, -0.1) is 0 Å². The summed E-state index contributed by atoms with van der Waals surface area (Å²) in [6.07, 6.45) is 0. The number of fused-ring (bicyclic) bond motifs is 4. The van der Waals surface area contributed by atoms with E-state index in [9.17, 15) is 0 Å². The summed E-state index contributed by atoms with van der Waals surface area (Å²) in [6, 6.07) is -14.8. The summed E-state index contributed by atoms with van der Waals surface area (Å²) in [6.45, 7) is -1.65. The molecule has 33 heavy (non-hydrogen) atoms. The highest BCUT2D eigenvalue weighted by Gasteiger charge is 2.41. The van der Waals surface area contributed by atoms with Crippen molar-refractivity contribution in [3.05, 3.63) is 115 Å². The molecule has 3 heteroatoms. The summed E-state index contributed by atoms with van der Waals surface area (Å²) in [5.41, 5.74) is -3.31. The number of benzene rings is 5. The van der Waals surface area contributed by atoms with Gasteiger partial charge in [-0.2, -0.15) is 0 Å². The summed E-state index contributed by atoms with van der Waals surface area (Å²) >= 11 is 0. The molecule has 0 spiro atoms. The van der Waals surface area contributed by atoms with Crippen molar-refractivity contribution in [3.63, 3.8) is 0 Å². The minimum atomic E-state index is -1.65. The Balaban J connectivity index is 1.72. The van der Waals surface area contributed by atoms with Crippen LogP contribution < -0.4 is 25.9 Å². The summed E-state index contributed by atoms with van der Waals surface area (Å²) in [4.78, 5) is 0. The molecule has 0 aromatic heterocycles. The molecule has 2 nitrogen and oxygen atoms in total. The zero-order chi connectivity index (χ0) is 38.3. The molecule has 2 heterocycles. The van der Waals surface area contributed by atoms with Crippen molar-refractivity contribution in [2.45, 2.75) is 0 Å². The molecule has 0 amide bonds. The molecule has 2 aliphatic rings. The molecule has 7 rings (SSSR count). The van der Waals surface area contributed by atoms with Crippen LogP contribution >= 0.6 is 0 Å². The van der Waals surface area contributed by atoms with Gasteiger partial charge in [0, 0.05) is 16.6 Å². The number of hydrogen-bond acceptors (Lipinski definition) is 2. The van der Waals surface area contributed by atoms with E-state index in [4.69, 9.17) is 35.5 Å². The van der Waals surface area contributed by atoms with Crippen LogP contribution in [0.1, 0.15) is 26.0 Å². The van der Waals surface area contributed by atoms with Crippen molar-refractivity contribution in [1.29, 1.82) is 0 Å². The van der Waals surface area contributed by atoms with Crippen molar-refractivity contribution < 1.29 is 35.5 Å². The monoisotopic (exact) mass is 441 g/mol. The molecule has 5 aromatic rings. The highest BCUT2D eigenvalue weighted by Crippen LogP contribution is 2.41. The predicted octanol–water partition coefficient (Wildman–Crippen LogP) is 5.75. The molecule has 0 fully saturated rings. The number of ether oxygens (including phenoxy) is 2. The van der Waals surface area contributed by atoms with E-state index in [2.05, 4.69) is 0 Å². The Morgan fingerprint density at radius 1 is 0.485 bits per heavy atom. The third-order valence-electron chi connectivity index (χ3n) is 5.33. The van der Waals surface area contributed by atoms with Gasteiger partial charge in [0.25, 0.3) is 6.71 Å². The Kier molecular flexibility index (Phi) is 1.66. The first-order valence-corrected chi connectivity index (χ1v) is 9.68. The van der Waals surface area contributed by atoms with E-state index < -0.39 is 167 Å². The third kappa shape index (κ3) is 2.76. The van der Waals surface area contributed by atoms with Crippen LogP contribution in [0.2, 0.25) is 0 Å². The molecule has 0 unspecified atom stereocenters. The first-order valence-electron chi connectivity index (χ1n) is 19.2. The second kappa shape index (κ2) is 7.14. The van der Waals surface area contributed by atoms with E-state index in [1.807, 2.05) is 0 Å². The van der Waals surface area contributed by atoms with Gasteiger partial charge < -0.3 is 9.47 Å². The van der Waals surface area contributed by atoms with Gasteiger partial charge in [-0.3, -0.25) is 0 Å². The molecule has 5 aromatic carbocycles. The molecular weight excluding hydrogens is 403 g/mol. The van der Waals surface area contributed by atoms with E-state index in [-0.39, 0.29) is 16.4 Å². The van der Waals surface area contributed by atoms with Gasteiger partial charge in [0.15, 0.2) is 0 Å². The van der Waals surface area contributed by atoms with Gasteiger partial charge in [0.2, 0.25) is 0 Å². The van der Waals surface area contributed by atoms with Crippen molar-refractivity contribution in [2.24, 2.45) is 0 Å². The van der Waals surface area contributed by atoms with Crippen LogP contribution in [0.5, 0.6) is 23.0 Å². The van der Waals surface area contributed by atoms with Crippen LogP contribution in [-0.4, -0.2) is 6.71 Å². The lowest BCUT2D eigenvalue weighted by molar-refractivity contribution is 0.466. The van der Waals surface area contributed by atoms with E-state index in [0.717, 1.165) is 0 Å². The number of hydrogen-bond donors (Lipinski definition) is 0. The Bertz CT molecular complexity index is 2310. The zero-order valence-corrected chi connectivity index (χ0v) is 16.4. The average Bonchev–Trinajstić information content (AvgIpc) is 3.12. The highest BCUT2D eigenvalue weighted by atomic mass is 16.5. The lowest BCUT2D eigenvalue weighted by Crippen LogP contribution is -2.57. The number of para-hydroxylation sites is 2. The minimum Gasteiger partial charge on any atom is -0.458 e. The van der Waals surface area contributed by atoms with Crippen molar-refractivity contribution in [1.82, 2.24) is 0 Å². The number of rotatable bonds is 2. The maximum atomic E-state index is 9.06. The van der Waals surface area contributed by atoms with E-state index in [0.29, 0.717) is 0 Å². The fourth-order valence-corrected chi connectivity index (χ4v) is 3.98. The lowest BCUT2D eigenvalue weighted by atomic mass is 9.34. The Morgan fingerprint density at radius 2 is 0.939 bits per heavy atom. The second-order valence-corrected chi connectivity index (χ2v) is 7.07. The van der Waals surface area contributed by atoms with Crippen molar-refractivity contribution in [3.8, 4) is 45.3 Å². The molecule has 0 atom stereocenters. The molecule has 2 aliphatic heterocycles. The highest BCUT2D eigenvalue weighted by molar-refractivity contribution is 6.98. The quantitative estimate of drug-likeness (QED) is 0.318. The molecule has 0 aliphatic carbocycles. The van der Waals surface area contributed by atoms with Gasteiger partial charge in [0.05, 0.1) is 26.0 Å². The fourth-order valence-electron chi connectivity index (χ4n) is 3.98. The van der Waals surface area contributed by atoms with Crippen LogP contribution in [0.3, 0.4) is 0 Å². The minimum absolute atomic E-state index is 0.235. The van der Waals surface area contributed by atoms with Gasteiger partial charge in [-0.05, 0) is 34.1 Å². The van der Waals surface area contributed by atoms with Crippen LogP contribution in [0.25, 0.3) is 22.3 Å². The molecule has 0 N–H and O–H groups in total. The van der Waals surface area contributed by atoms with Gasteiger partial charge in [0.1, 0.15) is 23.0 Å². The lowest BCUT2D eigenvalue weighted by Gasteiger charge is -2.34. The van der Waals surface area contributed by atoms with Crippen LogP contribution in [0, 0.1) is 0 Å². The molecule has 0 bridgehead atoms. The van der Waals surface area contributed by atoms with Gasteiger partial charge in [-0.25, -0.2) is 0 Å². The Morgan fingerprint density at radius 3 is 1.42 bits per heavy atom. The van der Waals surface area contributed by atoms with Crippen molar-refractivity contribution >= 4 is 23.1 Å². The SMILES string of the molecule is [2H]c1c([2H])c([2H])c(-c2c([2H])c([2H])c([2H])c3c2Oc2c([2H])c([2H])c([2H])c4c2B3c2c([2H])c([2H])c([2H])c(-c3c([2H])c([2H])c([2H])c([2H])c3[2H])c2O4)c([2H])c1[2H]. The van der Waals surface area contributed by atoms with Gasteiger partial charge >= 0.3 is 0 Å². The van der Waals surface area contributed by atoms with Crippen molar-refractivity contribution in [2.75, 3.05) is 0 Å². The van der Waals surface area contributed by atoms with Gasteiger partial charge in [-0.1, -0.05) is 103 Å². The van der Waals surface area contributed by atoms with E-state index in [1.165, 1.54) is 0 Å². The molecular formula is C30H19BO2. The fraction of sp³-hybridized carbons (Fsp3) is 0. The summed E-state index contributed by atoms with van der Waals surface area (Å²) < 4.78 is 175. The molecule has 154 valence electrons. The third-order valence-corrected chi connectivity index (χ3v) is 5.33. The maximum Gasteiger partial charge on any atom is 0.260 e. The zero-order valence-electron chi connectivity index (χ0n) is 35.4. The van der Waals surface area contributed by atoms with Crippen LogP contribution in [-0.2, 0) is 0 Å². The predicted molar refractivity (Wildman–Crippen MR) is 135 cm³/mol. The second-order valence-electron chi connectivity index (χ2n) is 7.07. The summed E-state index contributed by atoms with van der Waals surface area (Å²) in [7, 11) is 0. The Hall–Kier alpha value is -4.24. The molecule has 0 saturated carbocycles. The smallest absolute Gasteiger partial charge is 0.260 e. The normalized spacial score (nSPS) is 20.7. The van der Waals surface area contributed by atoms with Crippen LogP contribution in [0.15, 0.2) is 115 Å². The topological polar surface area (TPSA) is 18.5 Å². The van der Waals surface area contributed by atoms with Crippen LogP contribution in [0.4, 0.5) is 0 Å². The summed E-state index contributed by atoms with van der Waals surface area (Å²) in [5.74, 6) is -2.13. The molecule has 0 radical (unpaired) electrons. The Labute approximate surface area is 219 Å². The largest absolute Gasteiger partial charge is 0.458 e. The van der Waals surface area contributed by atoms with E-state index in [1.54, 1.807) is 0 Å². The summed E-state index contributed by atoms with van der Waals surface area (Å²) in [5, 5.41) is 0. The average molecular weight is 441 g/mol. The first kappa shape index (κ1) is 7.67. The molecule has 0 saturated heterocycles. The standard InChI is InChI=1S/C30H19BO2/c1-3-10-20(11-4-1)22-14-7-16-24-29(22)32-26-18-9-19-27-28(26)31(24)25-17-8-15-23(30(25)33-27)21-12-5-2-6-13-21/h1-19H/i1D,2D,3D,4D,5D,6D,7D,8D,9D,10D,11D,12D,13D,14D,15D,16D,17D,18D,19D. The maximum absolute atomic E-state index is 9.06.